The Morgan fingerprint density at radius 3 is 2.86 bits per heavy atom. The molecule has 1 unspecified atom stereocenters. The highest BCUT2D eigenvalue weighted by molar-refractivity contribution is 8.14. The zero-order chi connectivity index (χ0) is 10.1. The van der Waals surface area contributed by atoms with Crippen LogP contribution in [0.15, 0.2) is 17.6 Å². The molecule has 1 saturated heterocycles. The number of thioether (sulfide) groups is 1. The van der Waals surface area contributed by atoms with Gasteiger partial charge >= 0.3 is 0 Å². The van der Waals surface area contributed by atoms with E-state index in [0.29, 0.717) is 23.9 Å². The Kier molecular flexibility index (Phi) is 2.41. The Balaban J connectivity index is 2.12. The second-order valence-electron chi connectivity index (χ2n) is 3.28. The van der Waals surface area contributed by atoms with E-state index >= 15 is 0 Å². The summed E-state index contributed by atoms with van der Waals surface area (Å²) in [5.74, 6) is 0.440. The fourth-order valence-electron chi connectivity index (χ4n) is 1.51. The molecule has 2 rings (SSSR count). The van der Waals surface area contributed by atoms with Crippen LogP contribution < -0.4 is 0 Å². The van der Waals surface area contributed by atoms with Crippen LogP contribution in [0.1, 0.15) is 6.42 Å². The van der Waals surface area contributed by atoms with E-state index in [0.717, 1.165) is 0 Å². The van der Waals surface area contributed by atoms with Gasteiger partial charge in [0.15, 0.2) is 5.17 Å². The Hall–Kier alpha value is -1.10. The second kappa shape index (κ2) is 3.57. The molecule has 0 aliphatic carbocycles. The third kappa shape index (κ3) is 1.59. The molecule has 0 spiro atoms. The summed E-state index contributed by atoms with van der Waals surface area (Å²) in [6.45, 7) is 4.27. The zero-order valence-electron chi connectivity index (χ0n) is 7.60. The van der Waals surface area contributed by atoms with Crippen molar-refractivity contribution in [3.05, 3.63) is 12.7 Å². The molecule has 5 heteroatoms. The normalized spacial score (nSPS) is 27.0. The fourth-order valence-corrected chi connectivity index (χ4v) is 2.33. The summed E-state index contributed by atoms with van der Waals surface area (Å²) >= 11 is 1.34. The number of amidine groups is 1. The molecular weight excluding hydrogens is 200 g/mol. The van der Waals surface area contributed by atoms with Crippen molar-refractivity contribution in [2.45, 2.75) is 6.42 Å². The van der Waals surface area contributed by atoms with Crippen LogP contribution >= 0.6 is 11.8 Å². The summed E-state index contributed by atoms with van der Waals surface area (Å²) in [6.07, 6.45) is 2.26. The van der Waals surface area contributed by atoms with E-state index in [-0.39, 0.29) is 17.7 Å². The maximum absolute atomic E-state index is 11.5. The van der Waals surface area contributed by atoms with Crippen molar-refractivity contribution in [3.8, 4) is 0 Å². The number of nitrogens with zero attached hydrogens (tertiary/aromatic N) is 2. The summed E-state index contributed by atoms with van der Waals surface area (Å²) in [5.41, 5.74) is 0. The molecule has 14 heavy (non-hydrogen) atoms. The molecule has 0 aromatic heterocycles. The van der Waals surface area contributed by atoms with Gasteiger partial charge in [-0.15, -0.1) is 6.58 Å². The van der Waals surface area contributed by atoms with Crippen LogP contribution in [0, 0.1) is 5.92 Å². The summed E-state index contributed by atoms with van der Waals surface area (Å²) in [7, 11) is 0. The Labute approximate surface area is 86.1 Å². The molecule has 2 aliphatic heterocycles. The van der Waals surface area contributed by atoms with E-state index in [9.17, 15) is 9.59 Å². The number of carbonyl (C=O) groups is 2. The van der Waals surface area contributed by atoms with Gasteiger partial charge in [0.2, 0.25) is 5.91 Å². The fraction of sp³-hybridized carbons (Fsp3) is 0.444. The lowest BCUT2D eigenvalue weighted by atomic mass is 10.1. The molecule has 74 valence electrons. The number of amides is 2. The van der Waals surface area contributed by atoms with Crippen molar-refractivity contribution in [2.24, 2.45) is 10.9 Å². The van der Waals surface area contributed by atoms with Crippen LogP contribution in [0.5, 0.6) is 0 Å². The maximum atomic E-state index is 11.5. The van der Waals surface area contributed by atoms with Crippen molar-refractivity contribution < 1.29 is 9.59 Å². The number of rotatable bonds is 1. The predicted molar refractivity (Wildman–Crippen MR) is 54.9 cm³/mol. The first kappa shape index (κ1) is 9.45. The van der Waals surface area contributed by atoms with Gasteiger partial charge in [-0.2, -0.15) is 4.99 Å². The van der Waals surface area contributed by atoms with Crippen LogP contribution in [0.4, 0.5) is 0 Å². The number of hydrogen-bond acceptors (Lipinski definition) is 3. The topological polar surface area (TPSA) is 49.7 Å². The van der Waals surface area contributed by atoms with E-state index in [2.05, 4.69) is 11.6 Å². The Morgan fingerprint density at radius 2 is 2.36 bits per heavy atom. The summed E-state index contributed by atoms with van der Waals surface area (Å²) in [5, 5.41) is 0.560. The van der Waals surface area contributed by atoms with Crippen molar-refractivity contribution in [1.29, 1.82) is 0 Å². The Bertz CT molecular complexity index is 338. The number of aliphatic imine (C=N–C) groups is 1. The van der Waals surface area contributed by atoms with Crippen molar-refractivity contribution >= 4 is 28.7 Å². The quantitative estimate of drug-likeness (QED) is 0.597. The van der Waals surface area contributed by atoms with Gasteiger partial charge in [-0.25, -0.2) is 0 Å². The van der Waals surface area contributed by atoms with Crippen LogP contribution in [0.25, 0.3) is 0 Å². The van der Waals surface area contributed by atoms with Gasteiger partial charge in [-0.1, -0.05) is 17.8 Å². The molecule has 0 aromatic rings. The minimum Gasteiger partial charge on any atom is -0.291 e. The highest BCUT2D eigenvalue weighted by Gasteiger charge is 2.33. The molecular formula is C9H10N2O2S. The van der Waals surface area contributed by atoms with Gasteiger partial charge in [0, 0.05) is 18.9 Å². The van der Waals surface area contributed by atoms with Crippen molar-refractivity contribution in [3.63, 3.8) is 0 Å². The minimum atomic E-state index is -0.153. The average Bonchev–Trinajstić information content (AvgIpc) is 2.71. The van der Waals surface area contributed by atoms with Gasteiger partial charge < -0.3 is 0 Å². The van der Waals surface area contributed by atoms with Crippen molar-refractivity contribution in [2.75, 3.05) is 12.3 Å². The maximum Gasteiger partial charge on any atom is 0.258 e. The highest BCUT2D eigenvalue weighted by atomic mass is 32.2. The first-order valence-electron chi connectivity index (χ1n) is 4.38. The molecule has 4 nitrogen and oxygen atoms in total. The highest BCUT2D eigenvalue weighted by Crippen LogP contribution is 2.25. The molecule has 0 N–H and O–H groups in total. The van der Waals surface area contributed by atoms with Gasteiger partial charge in [0.1, 0.15) is 0 Å². The van der Waals surface area contributed by atoms with Crippen LogP contribution in [-0.2, 0) is 9.59 Å². The van der Waals surface area contributed by atoms with Gasteiger partial charge in [-0.05, 0) is 0 Å². The third-order valence-corrected chi connectivity index (χ3v) is 3.23. The monoisotopic (exact) mass is 210 g/mol. The zero-order valence-corrected chi connectivity index (χ0v) is 8.42. The average molecular weight is 210 g/mol. The molecule has 2 amide bonds. The predicted octanol–water partition coefficient (Wildman–Crippen LogP) is 0.650. The van der Waals surface area contributed by atoms with E-state index in [1.165, 1.54) is 11.8 Å². The third-order valence-electron chi connectivity index (χ3n) is 2.26. The molecule has 0 radical (unpaired) electrons. The van der Waals surface area contributed by atoms with Crippen LogP contribution in [0.3, 0.4) is 0 Å². The summed E-state index contributed by atoms with van der Waals surface area (Å²) in [4.78, 5) is 27.8. The first-order valence-corrected chi connectivity index (χ1v) is 5.36. The lowest BCUT2D eigenvalue weighted by Crippen LogP contribution is -2.29. The molecule has 2 heterocycles. The standard InChI is InChI=1S/C9H10N2O2S/c1-2-6-3-8(13)11(4-6)9-10-7(12)5-14-9/h2,6H,1,3-5H2. The summed E-state index contributed by atoms with van der Waals surface area (Å²) in [6, 6.07) is 0. The molecule has 1 atom stereocenters. The van der Waals surface area contributed by atoms with E-state index in [1.54, 1.807) is 11.0 Å². The van der Waals surface area contributed by atoms with Crippen LogP contribution in [0.2, 0.25) is 0 Å². The molecule has 0 aromatic carbocycles. The van der Waals surface area contributed by atoms with Gasteiger partial charge in [0.25, 0.3) is 5.91 Å². The van der Waals surface area contributed by atoms with Gasteiger partial charge in [-0.3, -0.25) is 14.5 Å². The lowest BCUT2D eigenvalue weighted by molar-refractivity contribution is -0.124. The van der Waals surface area contributed by atoms with Crippen molar-refractivity contribution in [1.82, 2.24) is 4.90 Å². The molecule has 1 fully saturated rings. The molecule has 2 aliphatic rings. The Morgan fingerprint density at radius 1 is 1.57 bits per heavy atom. The molecule has 0 saturated carbocycles. The van der Waals surface area contributed by atoms with Gasteiger partial charge in [0.05, 0.1) is 5.75 Å². The molecule has 0 bridgehead atoms. The van der Waals surface area contributed by atoms with E-state index < -0.39 is 0 Å². The lowest BCUT2D eigenvalue weighted by Gasteiger charge is -2.13. The largest absolute Gasteiger partial charge is 0.291 e. The summed E-state index contributed by atoms with van der Waals surface area (Å²) < 4.78 is 0. The second-order valence-corrected chi connectivity index (χ2v) is 4.22. The van der Waals surface area contributed by atoms with E-state index in [1.807, 2.05) is 0 Å². The number of hydrogen-bond donors (Lipinski definition) is 0. The first-order chi connectivity index (χ1) is 6.70. The minimum absolute atomic E-state index is 0.0378. The van der Waals surface area contributed by atoms with Crippen LogP contribution in [-0.4, -0.2) is 34.2 Å². The SMILES string of the molecule is C=CC1CC(=O)N(C2=NC(=O)CS2)C1. The van der Waals surface area contributed by atoms with E-state index in [4.69, 9.17) is 0 Å². The number of carbonyl (C=O) groups excluding carboxylic acids is 2. The smallest absolute Gasteiger partial charge is 0.258 e. The number of likely N-dealkylation sites (tertiary alicyclic amines) is 1.